The van der Waals surface area contributed by atoms with E-state index in [1.807, 2.05) is 19.0 Å². The molecule has 0 aliphatic heterocycles. The number of benzene rings is 1. The molecule has 0 aliphatic rings. The molecule has 6 nitrogen and oxygen atoms in total. The lowest BCUT2D eigenvalue weighted by molar-refractivity contribution is -0.115. The highest BCUT2D eigenvalue weighted by atomic mass is 35.5. The Hall–Kier alpha value is -1.34. The summed E-state index contributed by atoms with van der Waals surface area (Å²) in [6, 6.07) is 5.20. The number of halogens is 1. The lowest BCUT2D eigenvalue weighted by atomic mass is 10.3. The lowest BCUT2D eigenvalue weighted by Crippen LogP contribution is -2.30. The second-order valence-corrected chi connectivity index (χ2v) is 5.42. The summed E-state index contributed by atoms with van der Waals surface area (Å²) >= 11 is 6.15. The van der Waals surface area contributed by atoms with Crippen molar-refractivity contribution in [2.75, 3.05) is 59.4 Å². The normalized spacial score (nSPS) is 10.8. The van der Waals surface area contributed by atoms with E-state index in [2.05, 4.69) is 10.6 Å². The van der Waals surface area contributed by atoms with Crippen LogP contribution in [0.25, 0.3) is 0 Å². The first-order valence-electron chi connectivity index (χ1n) is 7.09. The van der Waals surface area contributed by atoms with Gasteiger partial charge in [-0.15, -0.1) is 0 Å². The van der Waals surface area contributed by atoms with Gasteiger partial charge in [0, 0.05) is 25.9 Å². The van der Waals surface area contributed by atoms with E-state index in [4.69, 9.17) is 21.1 Å². The number of ether oxygens (including phenoxy) is 2. The molecule has 0 saturated carbocycles. The number of carbonyl (C=O) groups is 1. The molecule has 0 unspecified atom stereocenters. The van der Waals surface area contributed by atoms with Crippen molar-refractivity contribution in [1.82, 2.24) is 10.2 Å². The predicted molar refractivity (Wildman–Crippen MR) is 88.9 cm³/mol. The van der Waals surface area contributed by atoms with Crippen LogP contribution < -0.4 is 15.4 Å². The van der Waals surface area contributed by atoms with Crippen LogP contribution in [0, 0.1) is 0 Å². The van der Waals surface area contributed by atoms with Crippen molar-refractivity contribution in [1.29, 1.82) is 0 Å². The molecule has 0 aliphatic carbocycles. The minimum atomic E-state index is -0.131. The number of hydrogen-bond donors (Lipinski definition) is 2. The van der Waals surface area contributed by atoms with Gasteiger partial charge in [-0.2, -0.15) is 0 Å². The summed E-state index contributed by atoms with van der Waals surface area (Å²) in [4.78, 5) is 13.8. The van der Waals surface area contributed by atoms with Gasteiger partial charge in [-0.25, -0.2) is 0 Å². The number of likely N-dealkylation sites (N-methyl/N-ethyl adjacent to an activating group) is 1. The quantitative estimate of drug-likeness (QED) is 0.636. The second-order valence-electron chi connectivity index (χ2n) is 5.01. The van der Waals surface area contributed by atoms with Gasteiger partial charge in [0.25, 0.3) is 0 Å². The molecule has 0 heterocycles. The van der Waals surface area contributed by atoms with Gasteiger partial charge in [0.2, 0.25) is 5.91 Å². The molecular weight excluding hydrogens is 306 g/mol. The molecule has 22 heavy (non-hydrogen) atoms. The number of nitrogens with one attached hydrogen (secondary N) is 2. The molecule has 0 fully saturated rings. The van der Waals surface area contributed by atoms with E-state index in [1.165, 1.54) is 0 Å². The number of hydrogen-bond acceptors (Lipinski definition) is 5. The van der Waals surface area contributed by atoms with Crippen molar-refractivity contribution in [3.05, 3.63) is 23.2 Å². The third-order valence-electron chi connectivity index (χ3n) is 2.78. The number of methoxy groups -OCH3 is 1. The lowest BCUT2D eigenvalue weighted by Gasteiger charge is -2.13. The van der Waals surface area contributed by atoms with Crippen LogP contribution in [-0.4, -0.2) is 64.9 Å². The zero-order valence-electron chi connectivity index (χ0n) is 13.3. The zero-order chi connectivity index (χ0) is 16.4. The molecule has 2 N–H and O–H groups in total. The molecule has 124 valence electrons. The van der Waals surface area contributed by atoms with Crippen LogP contribution in [-0.2, 0) is 9.53 Å². The maximum absolute atomic E-state index is 11.7. The summed E-state index contributed by atoms with van der Waals surface area (Å²) in [5, 5.41) is 6.22. The molecule has 0 saturated heterocycles. The Morgan fingerprint density at radius 1 is 1.32 bits per heavy atom. The van der Waals surface area contributed by atoms with E-state index >= 15 is 0 Å². The van der Waals surface area contributed by atoms with Crippen molar-refractivity contribution in [2.24, 2.45) is 0 Å². The van der Waals surface area contributed by atoms with Crippen molar-refractivity contribution in [2.45, 2.75) is 0 Å². The van der Waals surface area contributed by atoms with Crippen LogP contribution in [0.1, 0.15) is 0 Å². The molecule has 0 spiro atoms. The van der Waals surface area contributed by atoms with E-state index in [0.29, 0.717) is 36.2 Å². The Morgan fingerprint density at radius 3 is 2.73 bits per heavy atom. The third kappa shape index (κ3) is 7.61. The van der Waals surface area contributed by atoms with Gasteiger partial charge in [-0.3, -0.25) is 4.79 Å². The van der Waals surface area contributed by atoms with E-state index < -0.39 is 0 Å². The summed E-state index contributed by atoms with van der Waals surface area (Å²) in [7, 11) is 5.57. The highest BCUT2D eigenvalue weighted by molar-refractivity contribution is 6.32. The molecule has 0 bridgehead atoms. The summed E-state index contributed by atoms with van der Waals surface area (Å²) in [5.74, 6) is 0.480. The Balaban J connectivity index is 2.42. The average molecular weight is 330 g/mol. The summed E-state index contributed by atoms with van der Waals surface area (Å²) in [5.41, 5.74) is 0.642. The smallest absolute Gasteiger partial charge is 0.238 e. The first-order chi connectivity index (χ1) is 10.5. The summed E-state index contributed by atoms with van der Waals surface area (Å²) in [6.07, 6.45) is 0. The number of carbonyl (C=O) groups excluding carboxylic acids is 1. The van der Waals surface area contributed by atoms with Gasteiger partial charge in [0.1, 0.15) is 12.4 Å². The van der Waals surface area contributed by atoms with E-state index in [9.17, 15) is 4.79 Å². The van der Waals surface area contributed by atoms with Crippen molar-refractivity contribution in [3.63, 3.8) is 0 Å². The van der Waals surface area contributed by atoms with Crippen LogP contribution in [0.4, 0.5) is 5.69 Å². The van der Waals surface area contributed by atoms with Crippen LogP contribution in [0.15, 0.2) is 18.2 Å². The second kappa shape index (κ2) is 10.4. The maximum Gasteiger partial charge on any atom is 0.238 e. The first kappa shape index (κ1) is 18.7. The monoisotopic (exact) mass is 329 g/mol. The maximum atomic E-state index is 11.7. The number of amides is 1. The molecule has 7 heteroatoms. The molecule has 0 atom stereocenters. The Morgan fingerprint density at radius 2 is 2.09 bits per heavy atom. The first-order valence-corrected chi connectivity index (χ1v) is 7.47. The Labute approximate surface area is 136 Å². The van der Waals surface area contributed by atoms with Crippen LogP contribution >= 0.6 is 11.6 Å². The van der Waals surface area contributed by atoms with Crippen molar-refractivity contribution >= 4 is 23.2 Å². The van der Waals surface area contributed by atoms with Crippen LogP contribution in [0.3, 0.4) is 0 Å². The highest BCUT2D eigenvalue weighted by Gasteiger charge is 2.06. The molecule has 1 aromatic rings. The summed E-state index contributed by atoms with van der Waals surface area (Å²) < 4.78 is 10.5. The molecule has 1 aromatic carbocycles. The predicted octanol–water partition coefficient (Wildman–Crippen LogP) is 1.45. The standard InChI is InChI=1S/C15H24ClN3O3/c1-19(2)7-9-22-14-5-4-12(10-13(14)16)18-15(20)11-17-6-8-21-3/h4-5,10,17H,6-9,11H2,1-3H3,(H,18,20). The van der Waals surface area contributed by atoms with Gasteiger partial charge in [0.15, 0.2) is 0 Å². The topological polar surface area (TPSA) is 62.8 Å². The highest BCUT2D eigenvalue weighted by Crippen LogP contribution is 2.27. The largest absolute Gasteiger partial charge is 0.491 e. The number of nitrogens with zero attached hydrogens (tertiary/aromatic N) is 1. The van der Waals surface area contributed by atoms with Gasteiger partial charge < -0.3 is 25.0 Å². The third-order valence-corrected chi connectivity index (χ3v) is 3.08. The molecule has 0 aromatic heterocycles. The van der Waals surface area contributed by atoms with Crippen molar-refractivity contribution in [3.8, 4) is 5.75 Å². The van der Waals surface area contributed by atoms with Gasteiger partial charge in [-0.1, -0.05) is 11.6 Å². The van der Waals surface area contributed by atoms with E-state index in [-0.39, 0.29) is 12.5 Å². The Kier molecular flexibility index (Phi) is 8.84. The van der Waals surface area contributed by atoms with E-state index in [1.54, 1.807) is 25.3 Å². The van der Waals surface area contributed by atoms with Crippen molar-refractivity contribution < 1.29 is 14.3 Å². The number of anilines is 1. The summed E-state index contributed by atoms with van der Waals surface area (Å²) in [6.45, 7) is 2.79. The molecule has 1 amide bonds. The fraction of sp³-hybridized carbons (Fsp3) is 0.533. The van der Waals surface area contributed by atoms with Gasteiger partial charge in [0.05, 0.1) is 18.2 Å². The molecule has 1 rings (SSSR count). The molecule has 0 radical (unpaired) electrons. The van der Waals surface area contributed by atoms with Gasteiger partial charge >= 0.3 is 0 Å². The zero-order valence-corrected chi connectivity index (χ0v) is 14.1. The van der Waals surface area contributed by atoms with Crippen LogP contribution in [0.2, 0.25) is 5.02 Å². The van der Waals surface area contributed by atoms with E-state index in [0.717, 1.165) is 6.54 Å². The average Bonchev–Trinajstić information content (AvgIpc) is 2.45. The van der Waals surface area contributed by atoms with Gasteiger partial charge in [-0.05, 0) is 32.3 Å². The minimum absolute atomic E-state index is 0.131. The minimum Gasteiger partial charge on any atom is -0.491 e. The van der Waals surface area contributed by atoms with Crippen LogP contribution in [0.5, 0.6) is 5.75 Å². The Bertz CT molecular complexity index is 469. The number of rotatable bonds is 10. The fourth-order valence-corrected chi connectivity index (χ4v) is 1.85. The molecular formula is C15H24ClN3O3. The fourth-order valence-electron chi connectivity index (χ4n) is 1.62. The SMILES string of the molecule is COCCNCC(=O)Nc1ccc(OCCN(C)C)c(Cl)c1.